The molecule has 4 heterocycles. The Hall–Kier alpha value is -1.44. The summed E-state index contributed by atoms with van der Waals surface area (Å²) in [5, 5.41) is 5.90. The van der Waals surface area contributed by atoms with Gasteiger partial charge < -0.3 is 4.74 Å². The van der Waals surface area contributed by atoms with Gasteiger partial charge in [-0.2, -0.15) is 5.10 Å². The molecule has 3 aliphatic rings. The van der Waals surface area contributed by atoms with E-state index in [0.29, 0.717) is 25.6 Å². The fraction of sp³-hybridized carbons (Fsp3) is 0.750. The quantitative estimate of drug-likeness (QED) is 0.826. The van der Waals surface area contributed by atoms with Crippen molar-refractivity contribution in [2.75, 3.05) is 39.5 Å². The minimum Gasteiger partial charge on any atom is -0.381 e. The highest BCUT2D eigenvalue weighted by Gasteiger charge is 2.36. The van der Waals surface area contributed by atoms with Crippen molar-refractivity contribution in [3.63, 3.8) is 0 Å². The van der Waals surface area contributed by atoms with Crippen LogP contribution in [0.3, 0.4) is 0 Å². The lowest BCUT2D eigenvalue weighted by Crippen LogP contribution is -2.47. The highest BCUT2D eigenvalue weighted by molar-refractivity contribution is 5.80. The van der Waals surface area contributed by atoms with Gasteiger partial charge in [-0.25, -0.2) is 5.06 Å². The molecule has 1 atom stereocenters. The minimum atomic E-state index is -0.272. The molecule has 0 saturated carbocycles. The van der Waals surface area contributed by atoms with Crippen LogP contribution in [0.25, 0.3) is 0 Å². The van der Waals surface area contributed by atoms with Crippen LogP contribution >= 0.6 is 0 Å². The molecule has 7 nitrogen and oxygen atoms in total. The molecule has 7 heteroatoms. The van der Waals surface area contributed by atoms with E-state index >= 15 is 0 Å². The number of nitrogens with zero attached hydrogens (tertiary/aromatic N) is 4. The number of fused-ring (bicyclic) bond motifs is 1. The monoisotopic (exact) mass is 320 g/mol. The van der Waals surface area contributed by atoms with Crippen molar-refractivity contribution < 1.29 is 14.4 Å². The van der Waals surface area contributed by atoms with Crippen LogP contribution in [0.1, 0.15) is 31.0 Å². The maximum Gasteiger partial charge on any atom is 0.272 e. The van der Waals surface area contributed by atoms with Crippen LogP contribution < -0.4 is 0 Å². The van der Waals surface area contributed by atoms with E-state index in [9.17, 15) is 4.79 Å². The Kier molecular flexibility index (Phi) is 4.33. The van der Waals surface area contributed by atoms with Crippen LogP contribution in [-0.4, -0.2) is 65.1 Å². The van der Waals surface area contributed by atoms with Crippen LogP contribution in [0.15, 0.2) is 12.3 Å². The number of hydrogen-bond donors (Lipinski definition) is 0. The molecule has 0 spiro atoms. The zero-order valence-electron chi connectivity index (χ0n) is 13.4. The number of aromatic nitrogens is 2. The number of ether oxygens (including phenoxy) is 1. The van der Waals surface area contributed by atoms with Crippen molar-refractivity contribution in [3.8, 4) is 0 Å². The summed E-state index contributed by atoms with van der Waals surface area (Å²) in [6.07, 6.45) is 4.93. The zero-order valence-corrected chi connectivity index (χ0v) is 13.4. The Labute approximate surface area is 136 Å². The van der Waals surface area contributed by atoms with Gasteiger partial charge in [0.1, 0.15) is 6.04 Å². The van der Waals surface area contributed by atoms with Crippen molar-refractivity contribution >= 4 is 5.91 Å². The van der Waals surface area contributed by atoms with Crippen molar-refractivity contribution in [2.45, 2.75) is 31.8 Å². The molecular weight excluding hydrogens is 296 g/mol. The van der Waals surface area contributed by atoms with E-state index in [1.807, 2.05) is 10.7 Å². The van der Waals surface area contributed by atoms with Crippen molar-refractivity contribution in [3.05, 3.63) is 18.0 Å². The minimum absolute atomic E-state index is 0.0316. The van der Waals surface area contributed by atoms with Crippen LogP contribution in [0.4, 0.5) is 0 Å². The summed E-state index contributed by atoms with van der Waals surface area (Å²) in [6.45, 7) is 5.65. The van der Waals surface area contributed by atoms with Gasteiger partial charge in [0.2, 0.25) is 0 Å². The fourth-order valence-electron chi connectivity index (χ4n) is 3.77. The fourth-order valence-corrected chi connectivity index (χ4v) is 3.77. The molecule has 1 aromatic rings. The molecule has 126 valence electrons. The van der Waals surface area contributed by atoms with Gasteiger partial charge in [-0.3, -0.25) is 19.2 Å². The largest absolute Gasteiger partial charge is 0.381 e. The van der Waals surface area contributed by atoms with Crippen LogP contribution in [0, 0.1) is 5.92 Å². The molecule has 1 aromatic heterocycles. The average molecular weight is 320 g/mol. The molecule has 0 radical (unpaired) electrons. The third-order valence-corrected chi connectivity index (χ3v) is 5.01. The number of rotatable bonds is 3. The molecule has 0 N–H and O–H groups in total. The summed E-state index contributed by atoms with van der Waals surface area (Å²) in [7, 11) is 0. The molecule has 0 aliphatic carbocycles. The topological polar surface area (TPSA) is 59.8 Å². The first-order valence-electron chi connectivity index (χ1n) is 8.58. The Morgan fingerprint density at radius 1 is 1.30 bits per heavy atom. The van der Waals surface area contributed by atoms with E-state index in [0.717, 1.165) is 51.3 Å². The van der Waals surface area contributed by atoms with Gasteiger partial charge in [0.05, 0.1) is 18.8 Å². The lowest BCUT2D eigenvalue weighted by Gasteiger charge is -2.36. The summed E-state index contributed by atoms with van der Waals surface area (Å²) in [5.74, 6) is 0.695. The van der Waals surface area contributed by atoms with Gasteiger partial charge in [0, 0.05) is 39.0 Å². The second kappa shape index (κ2) is 6.59. The Balaban J connectivity index is 1.48. The van der Waals surface area contributed by atoms with Crippen LogP contribution in [-0.2, 0) is 20.9 Å². The number of amides is 1. The molecule has 0 bridgehead atoms. The van der Waals surface area contributed by atoms with Gasteiger partial charge in [-0.15, -0.1) is 0 Å². The molecule has 0 aromatic carbocycles. The highest BCUT2D eigenvalue weighted by atomic mass is 16.7. The molecule has 2 saturated heterocycles. The summed E-state index contributed by atoms with van der Waals surface area (Å²) in [4.78, 5) is 20.6. The second-order valence-corrected chi connectivity index (χ2v) is 6.66. The van der Waals surface area contributed by atoms with Gasteiger partial charge in [-0.05, 0) is 31.2 Å². The summed E-state index contributed by atoms with van der Waals surface area (Å²) >= 11 is 0. The molecule has 0 unspecified atom stereocenters. The third kappa shape index (κ3) is 3.13. The molecule has 3 aliphatic heterocycles. The Morgan fingerprint density at radius 2 is 2.17 bits per heavy atom. The lowest BCUT2D eigenvalue weighted by molar-refractivity contribution is -0.174. The van der Waals surface area contributed by atoms with Crippen molar-refractivity contribution in [2.24, 2.45) is 5.92 Å². The maximum atomic E-state index is 12.8. The van der Waals surface area contributed by atoms with Crippen LogP contribution in [0.2, 0.25) is 0 Å². The summed E-state index contributed by atoms with van der Waals surface area (Å²) < 4.78 is 7.33. The SMILES string of the molecule is O=C([C@H]1CN(CC2CCOCC2)Cc2ccnn21)N1CCCO1. The maximum absolute atomic E-state index is 12.8. The second-order valence-electron chi connectivity index (χ2n) is 6.66. The van der Waals surface area contributed by atoms with Gasteiger partial charge >= 0.3 is 0 Å². The number of carbonyl (C=O) groups excluding carboxylic acids is 1. The number of carbonyl (C=O) groups is 1. The van der Waals surface area contributed by atoms with E-state index in [4.69, 9.17) is 9.57 Å². The van der Waals surface area contributed by atoms with E-state index in [-0.39, 0.29) is 11.9 Å². The Morgan fingerprint density at radius 3 is 2.96 bits per heavy atom. The third-order valence-electron chi connectivity index (χ3n) is 5.01. The number of hydrogen-bond acceptors (Lipinski definition) is 5. The van der Waals surface area contributed by atoms with Gasteiger partial charge in [0.15, 0.2) is 0 Å². The van der Waals surface area contributed by atoms with Crippen molar-refractivity contribution in [1.29, 1.82) is 0 Å². The van der Waals surface area contributed by atoms with Crippen molar-refractivity contribution in [1.82, 2.24) is 19.7 Å². The normalized spacial score (nSPS) is 26.4. The standard InChI is InChI=1S/C16H24N4O3/c21-16(19-6-1-7-23-19)15-12-18(10-13-3-8-22-9-4-13)11-14-2-5-17-20(14)15/h2,5,13,15H,1,3-4,6-12H2/t15-/m1/s1. The summed E-state index contributed by atoms with van der Waals surface area (Å²) in [6, 6.07) is 1.74. The first kappa shape index (κ1) is 15.1. The predicted molar refractivity (Wildman–Crippen MR) is 82.4 cm³/mol. The molecule has 2 fully saturated rings. The smallest absolute Gasteiger partial charge is 0.272 e. The van der Waals surface area contributed by atoms with E-state index < -0.39 is 0 Å². The first-order valence-corrected chi connectivity index (χ1v) is 8.58. The molecule has 4 rings (SSSR count). The summed E-state index contributed by atoms with van der Waals surface area (Å²) in [5.41, 5.74) is 1.11. The zero-order chi connectivity index (χ0) is 15.6. The predicted octanol–water partition coefficient (Wildman–Crippen LogP) is 0.830. The van der Waals surface area contributed by atoms with E-state index in [1.54, 1.807) is 6.20 Å². The van der Waals surface area contributed by atoms with Gasteiger partial charge in [0.25, 0.3) is 5.91 Å². The van der Waals surface area contributed by atoms with E-state index in [1.165, 1.54) is 5.06 Å². The average Bonchev–Trinajstić information content (AvgIpc) is 3.26. The molecule has 1 amide bonds. The van der Waals surface area contributed by atoms with E-state index in [2.05, 4.69) is 10.00 Å². The molecule has 23 heavy (non-hydrogen) atoms. The van der Waals surface area contributed by atoms with Crippen LogP contribution in [0.5, 0.6) is 0 Å². The number of hydroxylamine groups is 2. The molecular formula is C16H24N4O3. The lowest BCUT2D eigenvalue weighted by atomic mass is 9.99. The highest BCUT2D eigenvalue weighted by Crippen LogP contribution is 2.26. The Bertz CT molecular complexity index is 549. The first-order chi connectivity index (χ1) is 11.3. The van der Waals surface area contributed by atoms with Gasteiger partial charge in [-0.1, -0.05) is 0 Å².